The molecule has 18 heavy (non-hydrogen) atoms. The van der Waals surface area contributed by atoms with Crippen LogP contribution in [0.15, 0.2) is 15.8 Å². The molecule has 0 spiro atoms. The predicted molar refractivity (Wildman–Crippen MR) is 73.0 cm³/mol. The van der Waals surface area contributed by atoms with Gasteiger partial charge < -0.3 is 9.88 Å². The number of hydrogen-bond acceptors (Lipinski definition) is 3. The largest absolute Gasteiger partial charge is 0.328 e. The number of aryl methyl sites for hydroxylation is 2. The predicted octanol–water partition coefficient (Wildman–Crippen LogP) is 0.735. The van der Waals surface area contributed by atoms with Gasteiger partial charge in [-0.1, -0.05) is 20.8 Å². The molecule has 1 heterocycles. The van der Waals surface area contributed by atoms with E-state index < -0.39 is 0 Å². The average Bonchev–Trinajstić information content (AvgIpc) is 2.30. The third-order valence-corrected chi connectivity index (χ3v) is 2.77. The van der Waals surface area contributed by atoms with Crippen LogP contribution in [0.25, 0.3) is 0 Å². The molecule has 0 aromatic carbocycles. The molecule has 1 rings (SSSR count). The second-order valence-corrected chi connectivity index (χ2v) is 4.91. The molecule has 0 saturated heterocycles. The average molecular weight is 253 g/mol. The van der Waals surface area contributed by atoms with E-state index in [0.29, 0.717) is 24.4 Å². The Hall–Kier alpha value is -1.36. The van der Waals surface area contributed by atoms with Gasteiger partial charge in [-0.3, -0.25) is 9.78 Å². The molecule has 5 nitrogen and oxygen atoms in total. The summed E-state index contributed by atoms with van der Waals surface area (Å²) in [6, 6.07) is 0. The first-order chi connectivity index (χ1) is 8.54. The Morgan fingerprint density at radius 2 is 2.11 bits per heavy atom. The summed E-state index contributed by atoms with van der Waals surface area (Å²) in [5.41, 5.74) is 0.0717. The van der Waals surface area contributed by atoms with Crippen LogP contribution in [-0.2, 0) is 13.0 Å². The minimum Gasteiger partial charge on any atom is -0.316 e. The second kappa shape index (κ2) is 7.16. The van der Waals surface area contributed by atoms with Crippen molar-refractivity contribution in [2.75, 3.05) is 13.1 Å². The Kier molecular flexibility index (Phi) is 5.85. The van der Waals surface area contributed by atoms with Gasteiger partial charge >= 0.3 is 5.69 Å². The molecule has 0 aliphatic carbocycles. The van der Waals surface area contributed by atoms with Crippen LogP contribution in [-0.4, -0.2) is 22.6 Å². The van der Waals surface area contributed by atoms with Crippen molar-refractivity contribution in [1.82, 2.24) is 14.9 Å². The molecule has 0 bridgehead atoms. The molecular weight excluding hydrogens is 230 g/mol. The molecule has 0 aliphatic rings. The third kappa shape index (κ3) is 4.49. The van der Waals surface area contributed by atoms with Crippen molar-refractivity contribution in [2.24, 2.45) is 5.92 Å². The minimum atomic E-state index is -0.318. The fourth-order valence-corrected chi connectivity index (χ4v) is 1.74. The van der Waals surface area contributed by atoms with Gasteiger partial charge in [0, 0.05) is 18.3 Å². The van der Waals surface area contributed by atoms with Crippen LogP contribution in [0, 0.1) is 5.92 Å². The van der Waals surface area contributed by atoms with Gasteiger partial charge in [0.25, 0.3) is 5.56 Å². The van der Waals surface area contributed by atoms with Crippen molar-refractivity contribution in [3.05, 3.63) is 32.6 Å². The summed E-state index contributed by atoms with van der Waals surface area (Å²) in [6.07, 6.45) is 3.19. The first kappa shape index (κ1) is 14.7. The molecule has 0 saturated carbocycles. The molecule has 5 heteroatoms. The van der Waals surface area contributed by atoms with Crippen LogP contribution >= 0.6 is 0 Å². The highest BCUT2D eigenvalue weighted by molar-refractivity contribution is 5.03. The zero-order valence-electron chi connectivity index (χ0n) is 11.5. The first-order valence-electron chi connectivity index (χ1n) is 6.58. The number of nitrogens with zero attached hydrogens (tertiary/aromatic N) is 1. The van der Waals surface area contributed by atoms with Gasteiger partial charge in [0.05, 0.1) is 0 Å². The zero-order chi connectivity index (χ0) is 13.5. The van der Waals surface area contributed by atoms with E-state index in [0.717, 1.165) is 19.5 Å². The van der Waals surface area contributed by atoms with Crippen molar-refractivity contribution in [1.29, 1.82) is 0 Å². The van der Waals surface area contributed by atoms with Crippen LogP contribution in [0.3, 0.4) is 0 Å². The Balaban J connectivity index is 2.52. The van der Waals surface area contributed by atoms with Gasteiger partial charge in [-0.25, -0.2) is 4.79 Å². The molecule has 102 valence electrons. The number of H-pyrrole nitrogens is 1. The van der Waals surface area contributed by atoms with Gasteiger partial charge in [-0.05, 0) is 31.8 Å². The third-order valence-electron chi connectivity index (χ3n) is 2.77. The molecular formula is C13H23N3O2. The highest BCUT2D eigenvalue weighted by Gasteiger charge is 2.02. The fourth-order valence-electron chi connectivity index (χ4n) is 1.74. The van der Waals surface area contributed by atoms with Crippen molar-refractivity contribution in [3.63, 3.8) is 0 Å². The van der Waals surface area contributed by atoms with Gasteiger partial charge in [0.2, 0.25) is 0 Å². The second-order valence-electron chi connectivity index (χ2n) is 4.91. The lowest BCUT2D eigenvalue weighted by Crippen LogP contribution is -2.32. The van der Waals surface area contributed by atoms with E-state index in [4.69, 9.17) is 0 Å². The van der Waals surface area contributed by atoms with E-state index in [1.165, 1.54) is 0 Å². The van der Waals surface area contributed by atoms with Crippen LogP contribution in [0.4, 0.5) is 0 Å². The summed E-state index contributed by atoms with van der Waals surface area (Å²) < 4.78 is 1.58. The van der Waals surface area contributed by atoms with Crippen molar-refractivity contribution in [3.8, 4) is 0 Å². The highest BCUT2D eigenvalue weighted by atomic mass is 16.2. The van der Waals surface area contributed by atoms with Crippen molar-refractivity contribution in [2.45, 2.75) is 40.2 Å². The number of rotatable bonds is 7. The maximum absolute atomic E-state index is 11.6. The summed E-state index contributed by atoms with van der Waals surface area (Å²) in [5.74, 6) is 0.632. The maximum atomic E-state index is 11.6. The van der Waals surface area contributed by atoms with Crippen molar-refractivity contribution < 1.29 is 0 Å². The molecule has 0 aliphatic heterocycles. The summed E-state index contributed by atoms with van der Waals surface area (Å²) in [5, 5.41) is 3.33. The monoisotopic (exact) mass is 253 g/mol. The summed E-state index contributed by atoms with van der Waals surface area (Å²) in [7, 11) is 0. The molecule has 1 aromatic heterocycles. The molecule has 0 amide bonds. The Bertz CT molecular complexity index is 474. The lowest BCUT2D eigenvalue weighted by molar-refractivity contribution is 0.513. The molecule has 0 radical (unpaired) electrons. The number of nitrogens with one attached hydrogen (secondary N) is 2. The Morgan fingerprint density at radius 1 is 1.39 bits per heavy atom. The fraction of sp³-hybridized carbons (Fsp3) is 0.692. The standard InChI is InChI=1S/C13H23N3O2/c1-4-11-9-16(13(18)15-12(11)17)7-5-6-14-8-10(2)3/h9-10,14H,4-8H2,1-3H3,(H,15,17,18). The highest BCUT2D eigenvalue weighted by Crippen LogP contribution is 1.92. The lowest BCUT2D eigenvalue weighted by Gasteiger charge is -2.09. The summed E-state index contributed by atoms with van der Waals surface area (Å²) in [4.78, 5) is 25.3. The van der Waals surface area contributed by atoms with Crippen LogP contribution in [0.5, 0.6) is 0 Å². The van der Waals surface area contributed by atoms with E-state index in [2.05, 4.69) is 24.1 Å². The van der Waals surface area contributed by atoms with Crippen LogP contribution < -0.4 is 16.6 Å². The molecule has 1 aromatic rings. The molecule has 0 fully saturated rings. The van der Waals surface area contributed by atoms with Crippen LogP contribution in [0.1, 0.15) is 32.8 Å². The van der Waals surface area contributed by atoms with E-state index in [-0.39, 0.29) is 11.2 Å². The lowest BCUT2D eigenvalue weighted by atomic mass is 10.2. The summed E-state index contributed by atoms with van der Waals surface area (Å²) in [6.45, 7) is 8.73. The Morgan fingerprint density at radius 3 is 2.72 bits per heavy atom. The molecule has 0 unspecified atom stereocenters. The van der Waals surface area contributed by atoms with Crippen LogP contribution in [0.2, 0.25) is 0 Å². The number of aromatic amines is 1. The van der Waals surface area contributed by atoms with E-state index in [1.54, 1.807) is 10.8 Å². The maximum Gasteiger partial charge on any atom is 0.328 e. The van der Waals surface area contributed by atoms with Gasteiger partial charge in [-0.15, -0.1) is 0 Å². The van der Waals surface area contributed by atoms with Gasteiger partial charge in [-0.2, -0.15) is 0 Å². The number of aromatic nitrogens is 2. The smallest absolute Gasteiger partial charge is 0.316 e. The minimum absolute atomic E-state index is 0.267. The first-order valence-corrected chi connectivity index (χ1v) is 6.58. The van der Waals surface area contributed by atoms with Crippen molar-refractivity contribution >= 4 is 0 Å². The molecule has 0 atom stereocenters. The van der Waals surface area contributed by atoms with E-state index >= 15 is 0 Å². The Labute approximate surface area is 107 Å². The van der Waals surface area contributed by atoms with Gasteiger partial charge in [0.15, 0.2) is 0 Å². The molecule has 2 N–H and O–H groups in total. The zero-order valence-corrected chi connectivity index (χ0v) is 11.5. The quantitative estimate of drug-likeness (QED) is 0.704. The SMILES string of the molecule is CCc1cn(CCCNCC(C)C)c(=O)[nH]c1=O. The normalized spacial score (nSPS) is 11.1. The van der Waals surface area contributed by atoms with E-state index in [9.17, 15) is 9.59 Å². The van der Waals surface area contributed by atoms with E-state index in [1.807, 2.05) is 6.92 Å². The topological polar surface area (TPSA) is 66.9 Å². The number of hydrogen-bond donors (Lipinski definition) is 2. The van der Waals surface area contributed by atoms with Gasteiger partial charge in [0.1, 0.15) is 0 Å². The summed E-state index contributed by atoms with van der Waals surface area (Å²) >= 11 is 0.